The molecule has 0 aliphatic heterocycles. The van der Waals surface area contributed by atoms with Crippen molar-refractivity contribution in [2.24, 2.45) is 0 Å². The Hall–Kier alpha value is -0.900. The fourth-order valence-electron chi connectivity index (χ4n) is 1.96. The average molecular weight is 405 g/mol. The van der Waals surface area contributed by atoms with E-state index >= 15 is 0 Å². The third kappa shape index (κ3) is 3.53. The first kappa shape index (κ1) is 17.5. The lowest BCUT2D eigenvalue weighted by atomic mass is 10.5. The predicted octanol–water partition coefficient (Wildman–Crippen LogP) is 2.76. The topological polar surface area (TPSA) is 67.6 Å². The highest BCUT2D eigenvalue weighted by molar-refractivity contribution is 9.11. The van der Waals surface area contributed by atoms with Gasteiger partial charge in [0.1, 0.15) is 0 Å². The lowest BCUT2D eigenvalue weighted by molar-refractivity contribution is 0.445. The minimum atomic E-state index is -3.50. The zero-order valence-corrected chi connectivity index (χ0v) is 15.6. The number of thioether (sulfide) groups is 1. The van der Waals surface area contributed by atoms with Crippen LogP contribution in [0.15, 0.2) is 39.4 Å². The van der Waals surface area contributed by atoms with Crippen LogP contribution < -0.4 is 0 Å². The Morgan fingerprint density at radius 3 is 2.64 bits per heavy atom. The fourth-order valence-corrected chi connectivity index (χ4v) is 4.43. The van der Waals surface area contributed by atoms with E-state index in [0.717, 1.165) is 4.48 Å². The number of pyridine rings is 1. The van der Waals surface area contributed by atoms with Gasteiger partial charge in [-0.15, -0.1) is 10.2 Å². The number of aromatic nitrogens is 3. The van der Waals surface area contributed by atoms with E-state index in [0.29, 0.717) is 29.6 Å². The van der Waals surface area contributed by atoms with E-state index in [2.05, 4.69) is 32.7 Å². The summed E-state index contributed by atoms with van der Waals surface area (Å²) in [5, 5.41) is 8.76. The summed E-state index contributed by atoms with van der Waals surface area (Å²) in [6, 6.07) is 3.23. The quantitative estimate of drug-likeness (QED) is 0.663. The molecule has 22 heavy (non-hydrogen) atoms. The molecular weight excluding hydrogens is 388 g/mol. The van der Waals surface area contributed by atoms with E-state index in [4.69, 9.17) is 0 Å². The summed E-state index contributed by atoms with van der Waals surface area (Å²) >= 11 is 4.73. The Morgan fingerprint density at radius 2 is 2.05 bits per heavy atom. The highest BCUT2D eigenvalue weighted by Crippen LogP contribution is 2.23. The van der Waals surface area contributed by atoms with Gasteiger partial charge in [-0.2, -0.15) is 4.31 Å². The van der Waals surface area contributed by atoms with E-state index in [1.807, 2.05) is 13.8 Å². The second-order valence-electron chi connectivity index (χ2n) is 4.47. The SMILES string of the molecule is C=C(Br)CSc1nnc2ccc(S(=O)(=O)N(CC)CC)cn12. The normalized spacial score (nSPS) is 12.2. The van der Waals surface area contributed by atoms with Gasteiger partial charge >= 0.3 is 0 Å². The van der Waals surface area contributed by atoms with E-state index in [1.54, 1.807) is 22.7 Å². The van der Waals surface area contributed by atoms with Crippen LogP contribution in [0, 0.1) is 0 Å². The van der Waals surface area contributed by atoms with E-state index < -0.39 is 10.0 Å². The first-order chi connectivity index (χ1) is 10.4. The van der Waals surface area contributed by atoms with Crippen LogP contribution >= 0.6 is 27.7 Å². The van der Waals surface area contributed by atoms with Crippen molar-refractivity contribution in [2.45, 2.75) is 23.9 Å². The number of hydrogen-bond acceptors (Lipinski definition) is 5. The van der Waals surface area contributed by atoms with Crippen LogP contribution in [0.2, 0.25) is 0 Å². The maximum atomic E-state index is 12.6. The highest BCUT2D eigenvalue weighted by atomic mass is 79.9. The zero-order valence-electron chi connectivity index (χ0n) is 12.4. The first-order valence-electron chi connectivity index (χ1n) is 6.71. The molecule has 2 rings (SSSR count). The maximum absolute atomic E-state index is 12.6. The molecule has 0 atom stereocenters. The van der Waals surface area contributed by atoms with Crippen molar-refractivity contribution in [1.29, 1.82) is 0 Å². The van der Waals surface area contributed by atoms with Gasteiger partial charge in [0.05, 0.1) is 4.90 Å². The number of rotatable bonds is 7. The van der Waals surface area contributed by atoms with Gasteiger partial charge in [-0.3, -0.25) is 4.40 Å². The number of sulfonamides is 1. The first-order valence-corrected chi connectivity index (χ1v) is 9.93. The van der Waals surface area contributed by atoms with Crippen molar-refractivity contribution in [3.63, 3.8) is 0 Å². The summed E-state index contributed by atoms with van der Waals surface area (Å²) < 4.78 is 29.1. The van der Waals surface area contributed by atoms with Crippen molar-refractivity contribution in [2.75, 3.05) is 18.8 Å². The van der Waals surface area contributed by atoms with Gasteiger partial charge in [0, 0.05) is 25.0 Å². The Balaban J connectivity index is 2.45. The van der Waals surface area contributed by atoms with Gasteiger partial charge in [-0.1, -0.05) is 48.1 Å². The van der Waals surface area contributed by atoms with Crippen molar-refractivity contribution >= 4 is 43.4 Å². The standard InChI is InChI=1S/C13H17BrN4O2S2/c1-4-17(5-2)22(19,20)11-6-7-12-15-16-13(18(12)8-11)21-9-10(3)14/h6-8H,3-5,9H2,1-2H3. The molecule has 0 amide bonds. The molecule has 6 nitrogen and oxygen atoms in total. The molecule has 0 saturated heterocycles. The molecule has 0 bridgehead atoms. The van der Waals surface area contributed by atoms with Crippen molar-refractivity contribution < 1.29 is 8.42 Å². The zero-order chi connectivity index (χ0) is 16.3. The van der Waals surface area contributed by atoms with E-state index in [9.17, 15) is 8.42 Å². The number of hydrogen-bond donors (Lipinski definition) is 0. The minimum Gasteiger partial charge on any atom is -0.276 e. The summed E-state index contributed by atoms with van der Waals surface area (Å²) in [5.41, 5.74) is 0.612. The summed E-state index contributed by atoms with van der Waals surface area (Å²) in [7, 11) is -3.50. The second kappa shape index (κ2) is 7.12. The van der Waals surface area contributed by atoms with Crippen LogP contribution in [0.4, 0.5) is 0 Å². The summed E-state index contributed by atoms with van der Waals surface area (Å²) in [6.07, 6.45) is 1.57. The van der Waals surface area contributed by atoms with E-state index in [1.165, 1.54) is 16.1 Å². The molecule has 120 valence electrons. The Morgan fingerprint density at radius 1 is 1.36 bits per heavy atom. The molecule has 0 N–H and O–H groups in total. The smallest absolute Gasteiger partial charge is 0.244 e. The van der Waals surface area contributed by atoms with Crippen molar-refractivity contribution in [3.05, 3.63) is 29.4 Å². The van der Waals surface area contributed by atoms with Gasteiger partial charge in [-0.25, -0.2) is 8.42 Å². The van der Waals surface area contributed by atoms with Gasteiger partial charge in [0.15, 0.2) is 10.8 Å². The minimum absolute atomic E-state index is 0.239. The van der Waals surface area contributed by atoms with Crippen LogP contribution in [0.25, 0.3) is 5.65 Å². The van der Waals surface area contributed by atoms with Crippen LogP contribution in [0.3, 0.4) is 0 Å². The molecule has 0 spiro atoms. The molecule has 0 unspecified atom stereocenters. The molecular formula is C13H17BrN4O2S2. The van der Waals surface area contributed by atoms with Gasteiger partial charge < -0.3 is 0 Å². The molecule has 9 heteroatoms. The molecule has 0 fully saturated rings. The molecule has 0 radical (unpaired) electrons. The summed E-state index contributed by atoms with van der Waals surface area (Å²) in [4.78, 5) is 0.239. The highest BCUT2D eigenvalue weighted by Gasteiger charge is 2.22. The van der Waals surface area contributed by atoms with E-state index in [-0.39, 0.29) is 4.90 Å². The average Bonchev–Trinajstić information content (AvgIpc) is 2.88. The van der Waals surface area contributed by atoms with Crippen LogP contribution in [0.5, 0.6) is 0 Å². The Bertz CT molecular complexity index is 784. The van der Waals surface area contributed by atoms with Gasteiger partial charge in [-0.05, 0) is 16.6 Å². The summed E-state index contributed by atoms with van der Waals surface area (Å²) in [6.45, 7) is 8.28. The van der Waals surface area contributed by atoms with Crippen LogP contribution in [-0.4, -0.2) is 46.2 Å². The predicted molar refractivity (Wildman–Crippen MR) is 91.9 cm³/mol. The fraction of sp³-hybridized carbons (Fsp3) is 0.385. The van der Waals surface area contributed by atoms with Crippen LogP contribution in [-0.2, 0) is 10.0 Å². The molecule has 0 saturated carbocycles. The second-order valence-corrected chi connectivity index (χ2v) is 8.47. The number of halogens is 1. The van der Waals surface area contributed by atoms with Gasteiger partial charge in [0.2, 0.25) is 10.0 Å². The van der Waals surface area contributed by atoms with Crippen molar-refractivity contribution in [1.82, 2.24) is 18.9 Å². The lowest BCUT2D eigenvalue weighted by Crippen LogP contribution is -2.30. The molecule has 2 aromatic heterocycles. The largest absolute Gasteiger partial charge is 0.276 e. The third-order valence-electron chi connectivity index (χ3n) is 3.04. The maximum Gasteiger partial charge on any atom is 0.244 e. The number of nitrogens with zero attached hydrogens (tertiary/aromatic N) is 4. The number of fused-ring (bicyclic) bond motifs is 1. The molecule has 0 aliphatic carbocycles. The third-order valence-corrected chi connectivity index (χ3v) is 6.76. The molecule has 0 aliphatic rings. The van der Waals surface area contributed by atoms with Crippen molar-refractivity contribution in [3.8, 4) is 0 Å². The Labute approximate surface area is 142 Å². The molecule has 2 aromatic rings. The lowest BCUT2D eigenvalue weighted by Gasteiger charge is -2.18. The van der Waals surface area contributed by atoms with Crippen LogP contribution in [0.1, 0.15) is 13.8 Å². The molecule has 0 aromatic carbocycles. The van der Waals surface area contributed by atoms with Gasteiger partial charge in [0.25, 0.3) is 0 Å². The summed E-state index contributed by atoms with van der Waals surface area (Å²) in [5.74, 6) is 0.633. The molecule has 2 heterocycles. The monoisotopic (exact) mass is 404 g/mol. The Kier molecular flexibility index (Phi) is 5.65.